The average molecular weight is 153 g/mol. The van der Waals surface area contributed by atoms with Crippen LogP contribution in [0.4, 0.5) is 0 Å². The molecule has 1 heterocycles. The second-order valence-electron chi connectivity index (χ2n) is 2.76. The summed E-state index contributed by atoms with van der Waals surface area (Å²) in [5.41, 5.74) is -0.169. The fourth-order valence-corrected chi connectivity index (χ4v) is 1.15. The van der Waals surface area contributed by atoms with Crippen LogP contribution in [0.5, 0.6) is 0 Å². The highest BCUT2D eigenvalue weighted by molar-refractivity contribution is 5.83. The lowest BCUT2D eigenvalue weighted by molar-refractivity contribution is -0.140. The molecule has 1 saturated carbocycles. The maximum atomic E-state index is 10.7. The van der Waals surface area contributed by atoms with Crippen molar-refractivity contribution >= 4 is 5.97 Å². The Morgan fingerprint density at radius 1 is 1.73 bits per heavy atom. The molecular formula is C7H7NO3. The first-order valence-electron chi connectivity index (χ1n) is 3.38. The Labute approximate surface area is 62.9 Å². The van der Waals surface area contributed by atoms with Crippen molar-refractivity contribution in [3.8, 4) is 0 Å². The molecule has 1 N–H and O–H groups in total. The molecule has 0 bridgehead atoms. The summed E-state index contributed by atoms with van der Waals surface area (Å²) in [7, 11) is 0. The van der Waals surface area contributed by atoms with E-state index in [4.69, 9.17) is 9.52 Å². The summed E-state index contributed by atoms with van der Waals surface area (Å²) in [4.78, 5) is 14.5. The molecule has 0 spiro atoms. The third kappa shape index (κ3) is 0.753. The molecule has 4 nitrogen and oxygen atoms in total. The van der Waals surface area contributed by atoms with Crippen molar-refractivity contribution in [3.63, 3.8) is 0 Å². The maximum Gasteiger partial charge on any atom is 0.315 e. The summed E-state index contributed by atoms with van der Waals surface area (Å²) in [6, 6.07) is 0. The third-order valence-corrected chi connectivity index (χ3v) is 2.08. The topological polar surface area (TPSA) is 63.3 Å². The number of hydrogen-bond donors (Lipinski definition) is 1. The highest BCUT2D eigenvalue weighted by Gasteiger charge is 2.53. The van der Waals surface area contributed by atoms with Crippen molar-refractivity contribution in [2.75, 3.05) is 0 Å². The first-order chi connectivity index (χ1) is 5.26. The molecule has 0 radical (unpaired) electrons. The van der Waals surface area contributed by atoms with Gasteiger partial charge in [0, 0.05) is 0 Å². The van der Waals surface area contributed by atoms with E-state index in [1.54, 1.807) is 0 Å². The number of aromatic nitrogens is 1. The smallest absolute Gasteiger partial charge is 0.315 e. The number of carboxylic acid groups (broad SMARTS) is 1. The summed E-state index contributed by atoms with van der Waals surface area (Å²) < 4.78 is 4.72. The van der Waals surface area contributed by atoms with Crippen LogP contribution in [0.25, 0.3) is 0 Å². The molecule has 0 aromatic carbocycles. The largest absolute Gasteiger partial charge is 0.481 e. The van der Waals surface area contributed by atoms with Gasteiger partial charge in [0.25, 0.3) is 0 Å². The first kappa shape index (κ1) is 6.39. The van der Waals surface area contributed by atoms with Crippen molar-refractivity contribution < 1.29 is 14.3 Å². The quantitative estimate of drug-likeness (QED) is 0.682. The number of carbonyl (C=O) groups is 1. The molecule has 11 heavy (non-hydrogen) atoms. The minimum Gasteiger partial charge on any atom is -0.481 e. The monoisotopic (exact) mass is 153 g/mol. The first-order valence-corrected chi connectivity index (χ1v) is 3.38. The minimum absolute atomic E-state index is 0.546. The number of rotatable bonds is 2. The average Bonchev–Trinajstić information content (AvgIpc) is 2.61. The highest BCUT2D eigenvalue weighted by Crippen LogP contribution is 2.47. The van der Waals surface area contributed by atoms with Crippen LogP contribution in [0.15, 0.2) is 17.1 Å². The zero-order valence-corrected chi connectivity index (χ0v) is 5.78. The van der Waals surface area contributed by atoms with Gasteiger partial charge in [-0.3, -0.25) is 4.79 Å². The van der Waals surface area contributed by atoms with Crippen LogP contribution in [0.1, 0.15) is 18.5 Å². The van der Waals surface area contributed by atoms with E-state index >= 15 is 0 Å². The van der Waals surface area contributed by atoms with Gasteiger partial charge in [-0.15, -0.1) is 0 Å². The minimum atomic E-state index is -0.800. The van der Waals surface area contributed by atoms with Gasteiger partial charge in [0.2, 0.25) is 0 Å². The Balaban J connectivity index is 2.36. The lowest BCUT2D eigenvalue weighted by atomic mass is 10.1. The second-order valence-corrected chi connectivity index (χ2v) is 2.76. The van der Waals surface area contributed by atoms with E-state index in [1.807, 2.05) is 0 Å². The van der Waals surface area contributed by atoms with Gasteiger partial charge >= 0.3 is 5.97 Å². The summed E-state index contributed by atoms with van der Waals surface area (Å²) >= 11 is 0. The number of aliphatic carboxylic acids is 1. The summed E-state index contributed by atoms with van der Waals surface area (Å²) in [6.07, 6.45) is 4.02. The highest BCUT2D eigenvalue weighted by atomic mass is 16.4. The molecule has 58 valence electrons. The molecule has 1 aromatic rings. The van der Waals surface area contributed by atoms with E-state index in [0.717, 1.165) is 0 Å². The van der Waals surface area contributed by atoms with Gasteiger partial charge in [0.05, 0.1) is 5.69 Å². The van der Waals surface area contributed by atoms with E-state index in [-0.39, 0.29) is 0 Å². The van der Waals surface area contributed by atoms with Crippen molar-refractivity contribution in [1.29, 1.82) is 0 Å². The van der Waals surface area contributed by atoms with E-state index in [0.29, 0.717) is 18.5 Å². The van der Waals surface area contributed by atoms with Crippen molar-refractivity contribution in [2.24, 2.45) is 0 Å². The van der Waals surface area contributed by atoms with Gasteiger partial charge in [-0.05, 0) is 12.8 Å². The molecule has 0 atom stereocenters. The molecule has 1 aliphatic rings. The predicted octanol–water partition coefficient (Wildman–Crippen LogP) is 0.791. The Morgan fingerprint density at radius 2 is 2.45 bits per heavy atom. The second kappa shape index (κ2) is 1.84. The summed E-state index contributed by atoms with van der Waals surface area (Å²) in [5.74, 6) is -0.800. The number of hydrogen-bond acceptors (Lipinski definition) is 3. The maximum absolute atomic E-state index is 10.7. The van der Waals surface area contributed by atoms with Crippen LogP contribution in [-0.4, -0.2) is 16.1 Å². The molecule has 0 unspecified atom stereocenters. The fourth-order valence-electron chi connectivity index (χ4n) is 1.15. The molecule has 4 heteroatoms. The zero-order chi connectivity index (χ0) is 7.90. The van der Waals surface area contributed by atoms with Crippen LogP contribution in [0, 0.1) is 0 Å². The molecule has 0 saturated heterocycles. The van der Waals surface area contributed by atoms with Gasteiger partial charge in [0.15, 0.2) is 6.39 Å². The van der Waals surface area contributed by atoms with Gasteiger partial charge in [-0.25, -0.2) is 4.98 Å². The molecule has 1 aliphatic carbocycles. The Hall–Kier alpha value is -1.32. The summed E-state index contributed by atoms with van der Waals surface area (Å²) in [6.45, 7) is 0. The van der Waals surface area contributed by atoms with Crippen LogP contribution in [-0.2, 0) is 10.2 Å². The lowest BCUT2D eigenvalue weighted by Gasteiger charge is -2.02. The normalized spacial score (nSPS) is 19.6. The zero-order valence-electron chi connectivity index (χ0n) is 5.78. The van der Waals surface area contributed by atoms with E-state index in [2.05, 4.69) is 4.98 Å². The molecular weight excluding hydrogens is 146 g/mol. The Bertz CT molecular complexity index is 274. The standard InChI is InChI=1S/C7H7NO3/c9-6(10)7(1-2-7)5-3-11-4-8-5/h3-4H,1-2H2,(H,9,10). The van der Waals surface area contributed by atoms with Crippen molar-refractivity contribution in [3.05, 3.63) is 18.4 Å². The molecule has 0 amide bonds. The molecule has 2 rings (SSSR count). The van der Waals surface area contributed by atoms with E-state index in [1.165, 1.54) is 12.7 Å². The number of nitrogens with zero attached hydrogens (tertiary/aromatic N) is 1. The van der Waals surface area contributed by atoms with Gasteiger partial charge in [-0.1, -0.05) is 0 Å². The van der Waals surface area contributed by atoms with Gasteiger partial charge in [0.1, 0.15) is 11.7 Å². The number of carboxylic acids is 1. The number of oxazole rings is 1. The van der Waals surface area contributed by atoms with Crippen LogP contribution in [0.3, 0.4) is 0 Å². The Kier molecular flexibility index (Phi) is 1.07. The third-order valence-electron chi connectivity index (χ3n) is 2.08. The Morgan fingerprint density at radius 3 is 2.82 bits per heavy atom. The lowest BCUT2D eigenvalue weighted by Crippen LogP contribution is -2.19. The van der Waals surface area contributed by atoms with E-state index in [9.17, 15) is 4.79 Å². The summed E-state index contributed by atoms with van der Waals surface area (Å²) in [5, 5.41) is 8.79. The van der Waals surface area contributed by atoms with Crippen molar-refractivity contribution in [2.45, 2.75) is 18.3 Å². The predicted molar refractivity (Wildman–Crippen MR) is 35.1 cm³/mol. The molecule has 0 aliphatic heterocycles. The van der Waals surface area contributed by atoms with Crippen molar-refractivity contribution in [1.82, 2.24) is 4.98 Å². The molecule has 1 fully saturated rings. The SMILES string of the molecule is O=C(O)C1(c2cocn2)CC1. The van der Waals surface area contributed by atoms with E-state index < -0.39 is 11.4 Å². The molecule has 1 aromatic heterocycles. The van der Waals surface area contributed by atoms with Gasteiger partial charge in [-0.2, -0.15) is 0 Å². The van der Waals surface area contributed by atoms with Crippen LogP contribution < -0.4 is 0 Å². The van der Waals surface area contributed by atoms with Crippen LogP contribution in [0.2, 0.25) is 0 Å². The van der Waals surface area contributed by atoms with Crippen LogP contribution >= 0.6 is 0 Å². The fraction of sp³-hybridized carbons (Fsp3) is 0.429. The van der Waals surface area contributed by atoms with Gasteiger partial charge < -0.3 is 9.52 Å².